The first-order valence-corrected chi connectivity index (χ1v) is 13.8. The summed E-state index contributed by atoms with van der Waals surface area (Å²) in [7, 11) is 0. The zero-order valence-electron chi connectivity index (χ0n) is 22.2. The number of primary amides is 1. The lowest BCUT2D eigenvalue weighted by atomic mass is 10.0. The second kappa shape index (κ2) is 15.6. The Balaban J connectivity index is 1.69. The third kappa shape index (κ3) is 9.35. The topological polar surface area (TPSA) is 169 Å². The highest BCUT2D eigenvalue weighted by atomic mass is 32.1. The predicted octanol–water partition coefficient (Wildman–Crippen LogP) is 1.02. The van der Waals surface area contributed by atoms with E-state index in [1.807, 2.05) is 42.5 Å². The number of carbonyl (C=O) groups is 4. The van der Waals surface area contributed by atoms with E-state index in [0.717, 1.165) is 16.3 Å². The van der Waals surface area contributed by atoms with E-state index in [-0.39, 0.29) is 24.5 Å². The summed E-state index contributed by atoms with van der Waals surface area (Å²) in [6.07, 6.45) is 3.40. The van der Waals surface area contributed by atoms with Crippen LogP contribution in [-0.2, 0) is 32.0 Å². The largest absolute Gasteiger partial charge is 0.368 e. The monoisotopic (exact) mass is 564 g/mol. The van der Waals surface area contributed by atoms with Crippen molar-refractivity contribution < 1.29 is 19.2 Å². The molecule has 0 aliphatic rings. The summed E-state index contributed by atoms with van der Waals surface area (Å²) < 4.78 is 0. The number of nitrogens with zero attached hydrogens (tertiary/aromatic N) is 1. The molecule has 3 atom stereocenters. The fourth-order valence-electron chi connectivity index (χ4n) is 4.23. The van der Waals surface area contributed by atoms with E-state index in [4.69, 9.17) is 11.5 Å². The van der Waals surface area contributed by atoms with Gasteiger partial charge < -0.3 is 27.4 Å². The van der Waals surface area contributed by atoms with Crippen molar-refractivity contribution in [1.29, 1.82) is 0 Å². The van der Waals surface area contributed by atoms with Crippen LogP contribution in [0.4, 0.5) is 0 Å². The molecule has 2 aromatic carbocycles. The molecule has 0 aliphatic heterocycles. The van der Waals surface area contributed by atoms with Crippen LogP contribution in [0.15, 0.2) is 66.9 Å². The molecule has 40 heavy (non-hydrogen) atoms. The first-order chi connectivity index (χ1) is 19.3. The summed E-state index contributed by atoms with van der Waals surface area (Å²) >= 11 is 4.21. The molecule has 0 radical (unpaired) electrons. The van der Waals surface area contributed by atoms with Gasteiger partial charge in [0.1, 0.15) is 18.1 Å². The van der Waals surface area contributed by atoms with Crippen LogP contribution >= 0.6 is 12.6 Å². The molecule has 4 amide bonds. The molecule has 0 bridgehead atoms. The highest BCUT2D eigenvalue weighted by Crippen LogP contribution is 2.16. The zero-order valence-corrected chi connectivity index (χ0v) is 23.1. The minimum atomic E-state index is -1.06. The molecule has 1 heterocycles. The van der Waals surface area contributed by atoms with Crippen molar-refractivity contribution in [3.8, 4) is 0 Å². The Morgan fingerprint density at radius 3 is 2.20 bits per heavy atom. The van der Waals surface area contributed by atoms with Gasteiger partial charge in [0.05, 0.1) is 6.42 Å². The molecule has 0 saturated carbocycles. The van der Waals surface area contributed by atoms with Crippen molar-refractivity contribution >= 4 is 47.0 Å². The van der Waals surface area contributed by atoms with Crippen LogP contribution in [0, 0.1) is 0 Å². The minimum absolute atomic E-state index is 0.0345. The van der Waals surface area contributed by atoms with Gasteiger partial charge in [0, 0.05) is 24.1 Å². The number of aromatic nitrogens is 1. The number of nitrogens with two attached hydrogens (primary N) is 2. The number of thiol groups is 1. The number of benzene rings is 2. The molecule has 11 heteroatoms. The smallest absolute Gasteiger partial charge is 0.244 e. The second-order valence-corrected chi connectivity index (χ2v) is 9.86. The molecule has 0 saturated heterocycles. The first kappa shape index (κ1) is 30.6. The van der Waals surface area contributed by atoms with Crippen molar-refractivity contribution in [1.82, 2.24) is 20.9 Å². The summed E-state index contributed by atoms with van der Waals surface area (Å²) in [5, 5.41) is 10.1. The number of hydrogen-bond acceptors (Lipinski definition) is 7. The Kier molecular flexibility index (Phi) is 11.9. The maximum Gasteiger partial charge on any atom is 0.244 e. The Morgan fingerprint density at radius 2 is 1.52 bits per heavy atom. The van der Waals surface area contributed by atoms with Crippen LogP contribution in [0.5, 0.6) is 0 Å². The Hall–Kier alpha value is -3.96. The van der Waals surface area contributed by atoms with Gasteiger partial charge in [0.25, 0.3) is 0 Å². The summed E-state index contributed by atoms with van der Waals surface area (Å²) in [5.74, 6) is -2.24. The quantitative estimate of drug-likeness (QED) is 0.119. The highest BCUT2D eigenvalue weighted by Gasteiger charge is 2.28. The lowest BCUT2D eigenvalue weighted by Crippen LogP contribution is -2.57. The van der Waals surface area contributed by atoms with Gasteiger partial charge >= 0.3 is 0 Å². The van der Waals surface area contributed by atoms with Crippen LogP contribution in [0.1, 0.15) is 30.5 Å². The van der Waals surface area contributed by atoms with Crippen molar-refractivity contribution in [3.05, 3.63) is 78.1 Å². The number of rotatable bonds is 15. The van der Waals surface area contributed by atoms with Gasteiger partial charge in [0.2, 0.25) is 23.6 Å². The fraction of sp³-hybridized carbons (Fsp3) is 0.345. The molecule has 0 fully saturated rings. The first-order valence-electron chi connectivity index (χ1n) is 13.2. The Labute approximate surface area is 239 Å². The molecule has 2 unspecified atom stereocenters. The number of unbranched alkanes of at least 4 members (excludes halogenated alkanes) is 1. The molecular formula is C29H36N6O4S. The van der Waals surface area contributed by atoms with Crippen molar-refractivity contribution in [2.45, 2.75) is 50.2 Å². The van der Waals surface area contributed by atoms with Gasteiger partial charge in [-0.25, -0.2) is 0 Å². The lowest BCUT2D eigenvalue weighted by Gasteiger charge is -2.24. The molecule has 3 rings (SSSR count). The van der Waals surface area contributed by atoms with Gasteiger partial charge in [0.15, 0.2) is 0 Å². The average molecular weight is 565 g/mol. The van der Waals surface area contributed by atoms with Gasteiger partial charge in [-0.2, -0.15) is 12.6 Å². The molecule has 0 aliphatic carbocycles. The summed E-state index contributed by atoms with van der Waals surface area (Å²) in [6.45, 7) is 0.457. The molecule has 3 aromatic rings. The van der Waals surface area contributed by atoms with Crippen LogP contribution in [-0.4, -0.2) is 59.0 Å². The van der Waals surface area contributed by atoms with E-state index in [0.29, 0.717) is 31.5 Å². The number of nitrogens with one attached hydrogen (secondary N) is 3. The maximum absolute atomic E-state index is 13.3. The van der Waals surface area contributed by atoms with Crippen LogP contribution in [0.2, 0.25) is 0 Å². The van der Waals surface area contributed by atoms with Crippen LogP contribution in [0.3, 0.4) is 0 Å². The van der Waals surface area contributed by atoms with Crippen molar-refractivity contribution in [2.24, 2.45) is 11.5 Å². The molecule has 7 N–H and O–H groups in total. The third-order valence-corrected chi connectivity index (χ3v) is 6.76. The zero-order chi connectivity index (χ0) is 28.9. The van der Waals surface area contributed by atoms with E-state index in [1.165, 1.54) is 0 Å². The van der Waals surface area contributed by atoms with Crippen molar-refractivity contribution in [2.75, 3.05) is 12.3 Å². The van der Waals surface area contributed by atoms with Crippen LogP contribution < -0.4 is 27.4 Å². The molecule has 1 aromatic heterocycles. The molecular weight excluding hydrogens is 528 g/mol. The number of amides is 4. The summed E-state index contributed by atoms with van der Waals surface area (Å²) in [5.41, 5.74) is 12.3. The molecule has 212 valence electrons. The Bertz CT molecular complexity index is 1310. The molecule has 0 spiro atoms. The highest BCUT2D eigenvalue weighted by molar-refractivity contribution is 7.80. The number of carbonyl (C=O) groups excluding carboxylic acids is 4. The third-order valence-electron chi connectivity index (χ3n) is 6.39. The van der Waals surface area contributed by atoms with Gasteiger partial charge in [-0.15, -0.1) is 0 Å². The van der Waals surface area contributed by atoms with Crippen molar-refractivity contribution in [3.63, 3.8) is 0 Å². The van der Waals surface area contributed by atoms with E-state index < -0.39 is 35.8 Å². The van der Waals surface area contributed by atoms with E-state index in [1.54, 1.807) is 24.4 Å². The van der Waals surface area contributed by atoms with E-state index in [9.17, 15) is 19.2 Å². The number of pyridine rings is 1. The van der Waals surface area contributed by atoms with Crippen LogP contribution in [0.25, 0.3) is 10.8 Å². The second-order valence-electron chi connectivity index (χ2n) is 9.50. The van der Waals surface area contributed by atoms with E-state index in [2.05, 4.69) is 33.6 Å². The summed E-state index contributed by atoms with van der Waals surface area (Å²) in [6, 6.07) is 15.9. The minimum Gasteiger partial charge on any atom is -0.368 e. The van der Waals surface area contributed by atoms with Gasteiger partial charge in [-0.3, -0.25) is 24.2 Å². The SMILES string of the molecule is NCCCCC(NC(=O)[C@H](CS)NC(=O)C(Cc1ccccn1)NC(=O)Cc1ccc2ccccc2c1)C(N)=O. The van der Waals surface area contributed by atoms with Gasteiger partial charge in [-0.05, 0) is 54.3 Å². The average Bonchev–Trinajstić information content (AvgIpc) is 2.95. The Morgan fingerprint density at radius 1 is 0.825 bits per heavy atom. The fourth-order valence-corrected chi connectivity index (χ4v) is 4.49. The summed E-state index contributed by atoms with van der Waals surface area (Å²) in [4.78, 5) is 55.4. The van der Waals surface area contributed by atoms with E-state index >= 15 is 0 Å². The lowest BCUT2D eigenvalue weighted by molar-refractivity contribution is -0.132. The maximum atomic E-state index is 13.3. The molecule has 10 nitrogen and oxygen atoms in total. The normalized spacial score (nSPS) is 13.2. The van der Waals surface area contributed by atoms with Gasteiger partial charge in [-0.1, -0.05) is 48.5 Å². The number of fused-ring (bicyclic) bond motifs is 1. The standard InChI is InChI=1S/C29H36N6O4S/c30-13-5-3-10-23(27(31)37)34-29(39)25(18-40)35-28(38)24(17-22-9-4-6-14-32-22)33-26(36)16-19-11-12-20-7-1-2-8-21(20)15-19/h1-2,4,6-9,11-12,14-15,23-25,40H,3,5,10,13,16-18,30H2,(H2,31,37)(H,33,36)(H,34,39)(H,35,38)/t23?,24?,25-/m0/s1. The predicted molar refractivity (Wildman–Crippen MR) is 157 cm³/mol. The number of hydrogen-bond donors (Lipinski definition) is 6.